The highest BCUT2D eigenvalue weighted by Crippen LogP contribution is 2.20. The molecule has 0 N–H and O–H groups in total. The molecule has 0 aliphatic carbocycles. The summed E-state index contributed by atoms with van der Waals surface area (Å²) in [5.41, 5.74) is 1.64. The molecule has 118 valence electrons. The van der Waals surface area contributed by atoms with Gasteiger partial charge < -0.3 is 13.9 Å². The maximum atomic E-state index is 12.7. The number of pyridine rings is 1. The Hall–Kier alpha value is -2.63. The first-order valence-corrected chi connectivity index (χ1v) is 7.88. The van der Waals surface area contributed by atoms with Crippen LogP contribution in [0, 0.1) is 5.92 Å². The maximum absolute atomic E-state index is 12.7. The van der Waals surface area contributed by atoms with Crippen LogP contribution in [0.5, 0.6) is 0 Å². The number of hydrogen-bond acceptors (Lipinski definition) is 3. The number of rotatable bonds is 3. The third-order valence-electron chi connectivity index (χ3n) is 4.57. The van der Waals surface area contributed by atoms with Crippen molar-refractivity contribution in [2.45, 2.75) is 19.4 Å². The summed E-state index contributed by atoms with van der Waals surface area (Å²) in [7, 11) is 1.88. The van der Waals surface area contributed by atoms with Crippen LogP contribution in [-0.2, 0) is 13.0 Å². The van der Waals surface area contributed by atoms with E-state index in [4.69, 9.17) is 0 Å². The van der Waals surface area contributed by atoms with Gasteiger partial charge >= 0.3 is 0 Å². The van der Waals surface area contributed by atoms with Gasteiger partial charge in [0.15, 0.2) is 0 Å². The van der Waals surface area contributed by atoms with E-state index in [0.717, 1.165) is 37.3 Å². The summed E-state index contributed by atoms with van der Waals surface area (Å²) >= 11 is 0. The van der Waals surface area contributed by atoms with Gasteiger partial charge in [-0.25, -0.2) is 9.97 Å². The normalized spacial score (nSPS) is 17.2. The quantitative estimate of drug-likeness (QED) is 0.742. The van der Waals surface area contributed by atoms with E-state index < -0.39 is 0 Å². The minimum Gasteiger partial charge on any atom is -0.341 e. The van der Waals surface area contributed by atoms with Gasteiger partial charge in [0.1, 0.15) is 5.82 Å². The molecule has 1 aliphatic rings. The Morgan fingerprint density at radius 3 is 3.26 bits per heavy atom. The fourth-order valence-electron chi connectivity index (χ4n) is 3.33. The van der Waals surface area contributed by atoms with Crippen molar-refractivity contribution in [2.24, 2.45) is 5.92 Å². The predicted molar refractivity (Wildman–Crippen MR) is 86.2 cm³/mol. The van der Waals surface area contributed by atoms with Gasteiger partial charge in [0.2, 0.25) is 0 Å². The number of carbonyl (C=O) groups excluding carboxylic acids is 1. The number of hydrogen-bond donors (Lipinski definition) is 0. The van der Waals surface area contributed by atoms with Gasteiger partial charge in [-0.15, -0.1) is 0 Å². The van der Waals surface area contributed by atoms with Crippen LogP contribution < -0.4 is 0 Å². The summed E-state index contributed by atoms with van der Waals surface area (Å²) in [4.78, 5) is 22.9. The van der Waals surface area contributed by atoms with Crippen molar-refractivity contribution in [3.63, 3.8) is 0 Å². The van der Waals surface area contributed by atoms with Crippen LogP contribution in [0.2, 0.25) is 0 Å². The highest BCUT2D eigenvalue weighted by atomic mass is 16.2. The number of nitrogens with zero attached hydrogens (tertiary/aromatic N) is 5. The zero-order valence-electron chi connectivity index (χ0n) is 13.1. The molecule has 0 saturated carbocycles. The molecule has 0 bridgehead atoms. The zero-order valence-corrected chi connectivity index (χ0v) is 13.1. The van der Waals surface area contributed by atoms with Gasteiger partial charge in [-0.05, 0) is 24.5 Å². The van der Waals surface area contributed by atoms with E-state index in [1.54, 1.807) is 12.5 Å². The first-order chi connectivity index (χ1) is 11.2. The fourth-order valence-corrected chi connectivity index (χ4v) is 3.33. The molecule has 0 spiro atoms. The molecule has 6 heteroatoms. The van der Waals surface area contributed by atoms with Gasteiger partial charge in [0.05, 0.1) is 18.0 Å². The molecule has 4 heterocycles. The molecule has 1 aliphatic heterocycles. The molecule has 4 rings (SSSR count). The first kappa shape index (κ1) is 14.0. The first-order valence-electron chi connectivity index (χ1n) is 7.88. The summed E-state index contributed by atoms with van der Waals surface area (Å²) in [6.45, 7) is 1.70. The molecule has 3 aromatic rings. The maximum Gasteiger partial charge on any atom is 0.253 e. The lowest BCUT2D eigenvalue weighted by atomic mass is 9.98. The standard InChI is InChI=1S/C17H19N5O/c1-20(10-13-2-3-16-19-5-7-21(16)11-13)17(23)14-4-6-22-12-18-9-15(22)8-14/h4-9,12-13H,2-3,10-11H2,1H3/t13-/m1/s1. The van der Waals surface area contributed by atoms with Gasteiger partial charge in [-0.3, -0.25) is 4.79 Å². The van der Waals surface area contributed by atoms with E-state index in [1.807, 2.05) is 47.1 Å². The number of carbonyl (C=O) groups is 1. The van der Waals surface area contributed by atoms with Gasteiger partial charge in [-0.2, -0.15) is 0 Å². The summed E-state index contributed by atoms with van der Waals surface area (Å²) < 4.78 is 4.10. The van der Waals surface area contributed by atoms with Crippen molar-refractivity contribution in [3.8, 4) is 0 Å². The summed E-state index contributed by atoms with van der Waals surface area (Å²) in [5, 5.41) is 0. The monoisotopic (exact) mass is 309 g/mol. The molecule has 1 amide bonds. The minimum absolute atomic E-state index is 0.0603. The Balaban J connectivity index is 1.46. The lowest BCUT2D eigenvalue weighted by Gasteiger charge is -2.28. The molecule has 1 atom stereocenters. The van der Waals surface area contributed by atoms with Crippen molar-refractivity contribution in [3.05, 3.63) is 54.6 Å². The Morgan fingerprint density at radius 1 is 1.43 bits per heavy atom. The second-order valence-electron chi connectivity index (χ2n) is 6.23. The Bertz CT molecular complexity index is 849. The lowest BCUT2D eigenvalue weighted by molar-refractivity contribution is 0.0760. The topological polar surface area (TPSA) is 55.4 Å². The summed E-state index contributed by atoms with van der Waals surface area (Å²) in [6.07, 6.45) is 11.3. The number of fused-ring (bicyclic) bond motifs is 2. The highest BCUT2D eigenvalue weighted by molar-refractivity contribution is 5.95. The molecular weight excluding hydrogens is 290 g/mol. The average molecular weight is 309 g/mol. The molecule has 0 unspecified atom stereocenters. The number of amides is 1. The number of aromatic nitrogens is 4. The van der Waals surface area contributed by atoms with Gasteiger partial charge in [0.25, 0.3) is 5.91 Å². The van der Waals surface area contributed by atoms with E-state index in [-0.39, 0.29) is 5.91 Å². The average Bonchev–Trinajstić information content (AvgIpc) is 3.21. The molecule has 0 saturated heterocycles. The lowest BCUT2D eigenvalue weighted by Crippen LogP contribution is -2.35. The molecule has 0 aromatic carbocycles. The Morgan fingerprint density at radius 2 is 2.35 bits per heavy atom. The van der Waals surface area contributed by atoms with E-state index >= 15 is 0 Å². The number of aryl methyl sites for hydroxylation is 1. The van der Waals surface area contributed by atoms with Crippen LogP contribution in [0.3, 0.4) is 0 Å². The van der Waals surface area contributed by atoms with Crippen LogP contribution in [0.4, 0.5) is 0 Å². The van der Waals surface area contributed by atoms with E-state index in [2.05, 4.69) is 14.5 Å². The molecular formula is C17H19N5O. The summed E-state index contributed by atoms with van der Waals surface area (Å²) in [6, 6.07) is 3.74. The number of imidazole rings is 2. The van der Waals surface area contributed by atoms with Crippen LogP contribution in [0.1, 0.15) is 22.6 Å². The highest BCUT2D eigenvalue weighted by Gasteiger charge is 2.22. The van der Waals surface area contributed by atoms with E-state index in [1.165, 1.54) is 0 Å². The van der Waals surface area contributed by atoms with Crippen LogP contribution in [-0.4, -0.2) is 43.3 Å². The van der Waals surface area contributed by atoms with Crippen LogP contribution >= 0.6 is 0 Å². The van der Waals surface area contributed by atoms with Gasteiger partial charge in [0, 0.05) is 50.7 Å². The molecule has 0 fully saturated rings. The summed E-state index contributed by atoms with van der Waals surface area (Å²) in [5.74, 6) is 1.69. The van der Waals surface area contributed by atoms with Crippen molar-refractivity contribution in [2.75, 3.05) is 13.6 Å². The van der Waals surface area contributed by atoms with E-state index in [9.17, 15) is 4.79 Å². The molecule has 6 nitrogen and oxygen atoms in total. The zero-order chi connectivity index (χ0) is 15.8. The molecule has 3 aromatic heterocycles. The second-order valence-corrected chi connectivity index (χ2v) is 6.23. The van der Waals surface area contributed by atoms with Crippen molar-refractivity contribution >= 4 is 11.4 Å². The van der Waals surface area contributed by atoms with Gasteiger partial charge in [-0.1, -0.05) is 0 Å². The fraction of sp³-hybridized carbons (Fsp3) is 0.353. The Kier molecular flexibility index (Phi) is 3.37. The Labute approximate surface area is 134 Å². The smallest absolute Gasteiger partial charge is 0.253 e. The third kappa shape index (κ3) is 2.60. The van der Waals surface area contributed by atoms with Crippen molar-refractivity contribution in [1.29, 1.82) is 0 Å². The van der Waals surface area contributed by atoms with Crippen LogP contribution in [0.25, 0.3) is 5.52 Å². The van der Waals surface area contributed by atoms with Crippen LogP contribution in [0.15, 0.2) is 43.2 Å². The molecule has 0 radical (unpaired) electrons. The largest absolute Gasteiger partial charge is 0.341 e. The second kappa shape index (κ2) is 5.53. The molecule has 23 heavy (non-hydrogen) atoms. The minimum atomic E-state index is 0.0603. The van der Waals surface area contributed by atoms with Crippen molar-refractivity contribution < 1.29 is 4.79 Å². The van der Waals surface area contributed by atoms with E-state index in [0.29, 0.717) is 11.5 Å². The predicted octanol–water partition coefficient (Wildman–Crippen LogP) is 1.87. The third-order valence-corrected chi connectivity index (χ3v) is 4.57. The SMILES string of the molecule is CN(C[C@H]1CCc2nccn2C1)C(=O)c1ccn2cncc2c1. The van der Waals surface area contributed by atoms with Crippen molar-refractivity contribution in [1.82, 2.24) is 23.8 Å².